The van der Waals surface area contributed by atoms with Gasteiger partial charge in [0.05, 0.1) is 4.92 Å². The Morgan fingerprint density at radius 1 is 1.65 bits per heavy atom. The number of nitro benzene ring substituents is 1. The zero-order valence-corrected chi connectivity index (χ0v) is 10.1. The van der Waals surface area contributed by atoms with Gasteiger partial charge in [-0.1, -0.05) is 23.9 Å². The molecule has 0 unspecified atom stereocenters. The van der Waals surface area contributed by atoms with Crippen molar-refractivity contribution in [1.29, 1.82) is 5.26 Å². The van der Waals surface area contributed by atoms with Crippen LogP contribution in [0, 0.1) is 28.5 Å². The van der Waals surface area contributed by atoms with Gasteiger partial charge < -0.3 is 0 Å². The molecule has 0 fully saturated rings. The highest BCUT2D eigenvalue weighted by molar-refractivity contribution is 8.13. The minimum atomic E-state index is -0.490. The van der Waals surface area contributed by atoms with E-state index >= 15 is 0 Å². The van der Waals surface area contributed by atoms with Gasteiger partial charge in [0.25, 0.3) is 5.69 Å². The summed E-state index contributed by atoms with van der Waals surface area (Å²) in [5.74, 6) is 0. The molecule has 88 valence electrons. The smallest absolute Gasteiger partial charge is 0.271 e. The topological polar surface area (TPSA) is 91.3 Å². The van der Waals surface area contributed by atoms with Crippen molar-refractivity contribution in [3.63, 3.8) is 0 Å². The Labute approximate surface area is 103 Å². The molecule has 6 nitrogen and oxygen atoms in total. The Morgan fingerprint density at radius 2 is 2.35 bits per heavy atom. The van der Waals surface area contributed by atoms with Crippen LogP contribution in [0.5, 0.6) is 0 Å². The quantitative estimate of drug-likeness (QED) is 0.217. The first-order valence-corrected chi connectivity index (χ1v) is 5.84. The third kappa shape index (κ3) is 3.19. The van der Waals surface area contributed by atoms with Crippen molar-refractivity contribution < 1.29 is 4.92 Å². The van der Waals surface area contributed by atoms with Crippen molar-refractivity contribution in [1.82, 2.24) is 5.32 Å². The van der Waals surface area contributed by atoms with E-state index in [1.165, 1.54) is 17.8 Å². The van der Waals surface area contributed by atoms with Crippen molar-refractivity contribution in [2.75, 3.05) is 6.26 Å². The molecule has 1 rings (SSSR count). The van der Waals surface area contributed by atoms with E-state index in [1.54, 1.807) is 31.5 Å². The first kappa shape index (κ1) is 13.0. The number of nitrogens with one attached hydrogen (secondary N) is 1. The second-order valence-electron chi connectivity index (χ2n) is 3.06. The molecule has 0 aliphatic heterocycles. The van der Waals surface area contributed by atoms with Crippen LogP contribution < -0.4 is 5.32 Å². The number of aryl methyl sites for hydroxylation is 1. The fourth-order valence-corrected chi connectivity index (χ4v) is 1.54. The number of aliphatic imine (C=N–C) groups is 1. The van der Waals surface area contributed by atoms with Gasteiger partial charge in [0.2, 0.25) is 0 Å². The number of nitriles is 1. The van der Waals surface area contributed by atoms with Crippen LogP contribution in [0.2, 0.25) is 0 Å². The average Bonchev–Trinajstić information content (AvgIpc) is 2.30. The van der Waals surface area contributed by atoms with E-state index in [9.17, 15) is 10.1 Å². The molecule has 1 aromatic carbocycles. The van der Waals surface area contributed by atoms with Crippen LogP contribution in [0.4, 0.5) is 11.4 Å². The summed E-state index contributed by atoms with van der Waals surface area (Å²) in [5, 5.41) is 22.0. The molecule has 0 aliphatic carbocycles. The largest absolute Gasteiger partial charge is 0.295 e. The SMILES string of the molecule is CSC(=Nc1c(C)cccc1[N+](=O)[O-])NC#N. The Hall–Kier alpha value is -2.07. The van der Waals surface area contributed by atoms with Gasteiger partial charge in [-0.2, -0.15) is 5.26 Å². The molecule has 0 heterocycles. The number of benzene rings is 1. The van der Waals surface area contributed by atoms with E-state index in [1.807, 2.05) is 0 Å². The fraction of sp³-hybridized carbons (Fsp3) is 0.200. The van der Waals surface area contributed by atoms with Crippen molar-refractivity contribution in [3.05, 3.63) is 33.9 Å². The summed E-state index contributed by atoms with van der Waals surface area (Å²) in [6.07, 6.45) is 3.47. The minimum absolute atomic E-state index is 0.0729. The number of nitrogens with zero attached hydrogens (tertiary/aromatic N) is 3. The minimum Gasteiger partial charge on any atom is -0.271 e. The number of amidine groups is 1. The summed E-state index contributed by atoms with van der Waals surface area (Å²) >= 11 is 1.21. The lowest BCUT2D eigenvalue weighted by molar-refractivity contribution is -0.384. The normalized spacial score (nSPS) is 10.8. The number of rotatable bonds is 2. The summed E-state index contributed by atoms with van der Waals surface area (Å²) in [5.41, 5.74) is 0.881. The maximum absolute atomic E-state index is 10.8. The third-order valence-electron chi connectivity index (χ3n) is 1.98. The summed E-state index contributed by atoms with van der Waals surface area (Å²) < 4.78 is 0. The first-order valence-electron chi connectivity index (χ1n) is 4.62. The highest BCUT2D eigenvalue weighted by atomic mass is 32.2. The van der Waals surface area contributed by atoms with Gasteiger partial charge in [-0.05, 0) is 18.7 Å². The predicted molar refractivity (Wildman–Crippen MR) is 67.2 cm³/mol. The Kier molecular flexibility index (Phi) is 4.48. The van der Waals surface area contributed by atoms with Gasteiger partial charge >= 0.3 is 0 Å². The number of hydrogen-bond donors (Lipinski definition) is 1. The summed E-state index contributed by atoms with van der Waals surface area (Å²) in [7, 11) is 0. The second-order valence-corrected chi connectivity index (χ2v) is 3.85. The van der Waals surface area contributed by atoms with Crippen LogP contribution in [-0.2, 0) is 0 Å². The Bertz CT molecular complexity index is 508. The maximum atomic E-state index is 10.8. The molecule has 0 radical (unpaired) electrons. The highest BCUT2D eigenvalue weighted by Gasteiger charge is 2.15. The second kappa shape index (κ2) is 5.86. The van der Waals surface area contributed by atoms with Gasteiger partial charge in [-0.25, -0.2) is 4.99 Å². The molecule has 17 heavy (non-hydrogen) atoms. The van der Waals surface area contributed by atoms with Crippen LogP contribution in [0.3, 0.4) is 0 Å². The van der Waals surface area contributed by atoms with Crippen molar-refractivity contribution in [3.8, 4) is 6.19 Å². The predicted octanol–water partition coefficient (Wildman–Crippen LogP) is 2.32. The molecule has 0 amide bonds. The Morgan fingerprint density at radius 3 is 2.88 bits per heavy atom. The van der Waals surface area contributed by atoms with Gasteiger partial charge in [0.15, 0.2) is 11.4 Å². The average molecular weight is 250 g/mol. The van der Waals surface area contributed by atoms with E-state index in [0.717, 1.165) is 0 Å². The Balaban J connectivity index is 3.30. The van der Waals surface area contributed by atoms with Crippen LogP contribution >= 0.6 is 11.8 Å². The van der Waals surface area contributed by atoms with E-state index < -0.39 is 4.92 Å². The summed E-state index contributed by atoms with van der Waals surface area (Å²) in [6, 6.07) is 4.72. The van der Waals surface area contributed by atoms with Gasteiger partial charge in [0.1, 0.15) is 5.69 Å². The molecule has 0 aliphatic rings. The number of thioether (sulfide) groups is 1. The molecular formula is C10H10N4O2S. The van der Waals surface area contributed by atoms with Gasteiger partial charge in [-0.3, -0.25) is 15.4 Å². The number of nitro groups is 1. The van der Waals surface area contributed by atoms with Gasteiger partial charge in [0, 0.05) is 6.07 Å². The van der Waals surface area contributed by atoms with Gasteiger partial charge in [-0.15, -0.1) is 0 Å². The molecule has 0 aromatic heterocycles. The summed E-state index contributed by atoms with van der Waals surface area (Å²) in [4.78, 5) is 14.4. The van der Waals surface area contributed by atoms with Crippen LogP contribution in [0.25, 0.3) is 0 Å². The lowest BCUT2D eigenvalue weighted by atomic mass is 10.2. The zero-order chi connectivity index (χ0) is 12.8. The van der Waals surface area contributed by atoms with Crippen LogP contribution in [-0.4, -0.2) is 16.3 Å². The van der Waals surface area contributed by atoms with Crippen LogP contribution in [0.15, 0.2) is 23.2 Å². The molecule has 1 aromatic rings. The summed E-state index contributed by atoms with van der Waals surface area (Å²) in [6.45, 7) is 1.73. The lowest BCUT2D eigenvalue weighted by Crippen LogP contribution is -2.12. The highest BCUT2D eigenvalue weighted by Crippen LogP contribution is 2.31. The standard InChI is InChI=1S/C10H10N4O2S/c1-7-4-3-5-8(14(15)16)9(7)13-10(17-2)12-6-11/h3-5H,1-2H3,(H,12,13). The number of para-hydroxylation sites is 1. The van der Waals surface area contributed by atoms with Crippen molar-refractivity contribution in [2.24, 2.45) is 4.99 Å². The molecule has 0 atom stereocenters. The molecular weight excluding hydrogens is 240 g/mol. The maximum Gasteiger partial charge on any atom is 0.295 e. The zero-order valence-electron chi connectivity index (χ0n) is 9.30. The van der Waals surface area contributed by atoms with E-state index in [-0.39, 0.29) is 11.4 Å². The number of hydrogen-bond acceptors (Lipinski definition) is 5. The van der Waals surface area contributed by atoms with Crippen molar-refractivity contribution in [2.45, 2.75) is 6.92 Å². The molecule has 7 heteroatoms. The molecule has 0 saturated carbocycles. The lowest BCUT2D eigenvalue weighted by Gasteiger charge is -2.03. The van der Waals surface area contributed by atoms with Crippen LogP contribution in [0.1, 0.15) is 5.56 Å². The van der Waals surface area contributed by atoms with E-state index in [0.29, 0.717) is 10.7 Å². The van der Waals surface area contributed by atoms with E-state index in [4.69, 9.17) is 5.26 Å². The molecule has 0 spiro atoms. The monoisotopic (exact) mass is 250 g/mol. The molecule has 1 N–H and O–H groups in total. The third-order valence-corrected chi connectivity index (χ3v) is 2.56. The van der Waals surface area contributed by atoms with Crippen molar-refractivity contribution >= 4 is 28.3 Å². The fourth-order valence-electron chi connectivity index (χ4n) is 1.21. The first-order chi connectivity index (χ1) is 8.10. The molecule has 0 bridgehead atoms. The van der Waals surface area contributed by atoms with E-state index in [2.05, 4.69) is 10.3 Å². The molecule has 0 saturated heterocycles.